The molecular formula is C25H26F3N3O. The first-order valence-electron chi connectivity index (χ1n) is 11.0. The average molecular weight is 441 g/mol. The molecule has 0 N–H and O–H groups in total. The van der Waals surface area contributed by atoms with Gasteiger partial charge < -0.3 is 14.6 Å². The van der Waals surface area contributed by atoms with Gasteiger partial charge in [-0.3, -0.25) is 0 Å². The number of carbonyl (C=O) groups excluding carboxylic acids is 1. The van der Waals surface area contributed by atoms with Crippen LogP contribution in [0.25, 0.3) is 0 Å². The quantitative estimate of drug-likeness (QED) is 0.585. The molecule has 2 aliphatic heterocycles. The molecule has 7 heteroatoms. The van der Waals surface area contributed by atoms with Crippen LogP contribution in [-0.4, -0.2) is 32.5 Å². The summed E-state index contributed by atoms with van der Waals surface area (Å²) in [5.74, 6) is 0.750. The van der Waals surface area contributed by atoms with Crippen LogP contribution in [0.5, 0.6) is 0 Å². The van der Waals surface area contributed by atoms with E-state index in [9.17, 15) is 18.0 Å². The van der Waals surface area contributed by atoms with Crippen LogP contribution in [0.4, 0.5) is 24.5 Å². The molecule has 0 bridgehead atoms. The number of alkyl halides is 3. The maximum Gasteiger partial charge on any atom is 0.417 e. The minimum absolute atomic E-state index is 0.257. The van der Waals surface area contributed by atoms with Gasteiger partial charge in [-0.15, -0.1) is 0 Å². The molecule has 2 fully saturated rings. The summed E-state index contributed by atoms with van der Waals surface area (Å²) >= 11 is 0. The summed E-state index contributed by atoms with van der Waals surface area (Å²) in [6.07, 6.45) is 0.0528. The molecule has 2 aromatic rings. The summed E-state index contributed by atoms with van der Waals surface area (Å²) in [6.45, 7) is 3.24. The van der Waals surface area contributed by atoms with Crippen molar-refractivity contribution in [2.24, 2.45) is 5.92 Å². The Balaban J connectivity index is 1.41. The molecule has 0 aromatic heterocycles. The predicted molar refractivity (Wildman–Crippen MR) is 118 cm³/mol. The van der Waals surface area contributed by atoms with E-state index < -0.39 is 11.7 Å². The highest BCUT2D eigenvalue weighted by atomic mass is 19.4. The van der Waals surface area contributed by atoms with E-state index in [0.717, 1.165) is 44.7 Å². The summed E-state index contributed by atoms with van der Waals surface area (Å²) in [5, 5.41) is 9.00. The minimum atomic E-state index is -4.54. The van der Waals surface area contributed by atoms with Crippen LogP contribution in [0.2, 0.25) is 0 Å². The molecule has 0 aliphatic carbocycles. The van der Waals surface area contributed by atoms with Crippen LogP contribution in [0.1, 0.15) is 48.3 Å². The van der Waals surface area contributed by atoms with Gasteiger partial charge in [0, 0.05) is 49.9 Å². The van der Waals surface area contributed by atoms with Crippen molar-refractivity contribution < 1.29 is 18.0 Å². The number of piperidine rings is 1. The number of nitriles is 1. The van der Waals surface area contributed by atoms with Gasteiger partial charge in [0.05, 0.1) is 17.2 Å². The Bertz CT molecular complexity index is 989. The average Bonchev–Trinajstić information content (AvgIpc) is 3.29. The summed E-state index contributed by atoms with van der Waals surface area (Å²) in [5.41, 5.74) is 1.66. The van der Waals surface area contributed by atoms with Gasteiger partial charge in [0.2, 0.25) is 0 Å². The molecule has 2 saturated heterocycles. The fourth-order valence-corrected chi connectivity index (χ4v) is 4.85. The molecule has 32 heavy (non-hydrogen) atoms. The third-order valence-corrected chi connectivity index (χ3v) is 6.76. The number of carbonyl (C=O) groups is 1. The monoisotopic (exact) mass is 441 g/mol. The van der Waals surface area contributed by atoms with E-state index in [2.05, 4.69) is 29.2 Å². The van der Waals surface area contributed by atoms with Crippen molar-refractivity contribution in [3.8, 4) is 6.07 Å². The largest absolute Gasteiger partial charge is 0.417 e. The number of hydrogen-bond donors (Lipinski definition) is 0. The zero-order valence-corrected chi connectivity index (χ0v) is 17.8. The predicted octanol–water partition coefficient (Wildman–Crippen LogP) is 5.38. The molecule has 0 saturated carbocycles. The third-order valence-electron chi connectivity index (χ3n) is 6.76. The lowest BCUT2D eigenvalue weighted by Crippen LogP contribution is -2.33. The van der Waals surface area contributed by atoms with Gasteiger partial charge >= 0.3 is 6.18 Å². The maximum absolute atomic E-state index is 13.3. The third kappa shape index (κ3) is 4.74. The molecule has 168 valence electrons. The number of nitrogens with zero attached hydrogens (tertiary/aromatic N) is 3. The van der Waals surface area contributed by atoms with Gasteiger partial charge in [-0.25, -0.2) is 0 Å². The molecule has 4 rings (SSSR count). The van der Waals surface area contributed by atoms with Gasteiger partial charge in [-0.05, 0) is 61.1 Å². The van der Waals surface area contributed by atoms with Crippen molar-refractivity contribution >= 4 is 17.7 Å². The Morgan fingerprint density at radius 2 is 1.62 bits per heavy atom. The molecule has 1 atom stereocenters. The van der Waals surface area contributed by atoms with Crippen LogP contribution < -0.4 is 9.80 Å². The summed E-state index contributed by atoms with van der Waals surface area (Å²) in [4.78, 5) is 15.0. The molecule has 2 aliphatic rings. The van der Waals surface area contributed by atoms with E-state index in [1.807, 2.05) is 4.90 Å². The molecule has 4 nitrogen and oxygen atoms in total. The lowest BCUT2D eigenvalue weighted by atomic mass is 9.93. The molecule has 0 radical (unpaired) electrons. The first-order chi connectivity index (χ1) is 15.4. The number of aldehydes is 1. The number of anilines is 2. The first kappa shape index (κ1) is 22.2. The Kier molecular flexibility index (Phi) is 6.40. The standard InChI is InChI=1S/C25H26F3N3O/c26-25(27,28)24-15-23(6-3-20(24)16-29)31-13-9-21(17-31)19-1-4-22(5-2-19)30-11-7-18(8-12-30)10-14-32/h1-6,14-15,18,21H,7-13,17H2/t21-/m1/s1. The second-order valence-corrected chi connectivity index (χ2v) is 8.70. The zero-order chi connectivity index (χ0) is 22.7. The lowest BCUT2D eigenvalue weighted by Gasteiger charge is -2.33. The van der Waals surface area contributed by atoms with Crippen molar-refractivity contribution in [3.63, 3.8) is 0 Å². The van der Waals surface area contributed by atoms with E-state index >= 15 is 0 Å². The van der Waals surface area contributed by atoms with E-state index in [1.165, 1.54) is 17.3 Å². The molecule has 0 unspecified atom stereocenters. The van der Waals surface area contributed by atoms with Crippen LogP contribution >= 0.6 is 0 Å². The highest BCUT2D eigenvalue weighted by Gasteiger charge is 2.35. The Labute approximate surface area is 186 Å². The second-order valence-electron chi connectivity index (χ2n) is 8.70. The normalized spacial score (nSPS) is 19.8. The summed E-state index contributed by atoms with van der Waals surface area (Å²) in [7, 11) is 0. The van der Waals surface area contributed by atoms with E-state index in [0.29, 0.717) is 31.1 Å². The number of hydrogen-bond acceptors (Lipinski definition) is 4. The SMILES string of the molecule is N#Cc1ccc(N2CC[C@@H](c3ccc(N4CCC(CC=O)CC4)cc3)C2)cc1C(F)(F)F. The van der Waals surface area contributed by atoms with E-state index in [-0.39, 0.29) is 11.5 Å². The Hall–Kier alpha value is -3.01. The topological polar surface area (TPSA) is 47.3 Å². The first-order valence-corrected chi connectivity index (χ1v) is 11.0. The smallest absolute Gasteiger partial charge is 0.372 e. The van der Waals surface area contributed by atoms with Gasteiger partial charge in [0.25, 0.3) is 0 Å². The van der Waals surface area contributed by atoms with Gasteiger partial charge in [0.15, 0.2) is 0 Å². The van der Waals surface area contributed by atoms with Crippen LogP contribution in [0, 0.1) is 17.2 Å². The van der Waals surface area contributed by atoms with Crippen molar-refractivity contribution in [1.82, 2.24) is 0 Å². The summed E-state index contributed by atoms with van der Waals surface area (Å²) in [6, 6.07) is 14.1. The number of benzene rings is 2. The fourth-order valence-electron chi connectivity index (χ4n) is 4.85. The van der Waals surface area contributed by atoms with Crippen molar-refractivity contribution in [3.05, 3.63) is 59.2 Å². The fraction of sp³-hybridized carbons (Fsp3) is 0.440. The van der Waals surface area contributed by atoms with Crippen molar-refractivity contribution in [1.29, 1.82) is 5.26 Å². The van der Waals surface area contributed by atoms with Crippen molar-refractivity contribution in [2.75, 3.05) is 36.0 Å². The lowest BCUT2D eigenvalue weighted by molar-refractivity contribution is -0.137. The van der Waals surface area contributed by atoms with Crippen molar-refractivity contribution in [2.45, 2.75) is 37.8 Å². The number of rotatable bonds is 5. The van der Waals surface area contributed by atoms with Gasteiger partial charge in [-0.2, -0.15) is 18.4 Å². The minimum Gasteiger partial charge on any atom is -0.372 e. The van der Waals surface area contributed by atoms with Crippen LogP contribution in [0.15, 0.2) is 42.5 Å². The Morgan fingerprint density at radius 1 is 0.969 bits per heavy atom. The maximum atomic E-state index is 13.3. The van der Waals surface area contributed by atoms with Crippen LogP contribution in [-0.2, 0) is 11.0 Å². The van der Waals surface area contributed by atoms with E-state index in [4.69, 9.17) is 5.26 Å². The zero-order valence-electron chi connectivity index (χ0n) is 17.8. The second kappa shape index (κ2) is 9.23. The molecule has 0 amide bonds. The summed E-state index contributed by atoms with van der Waals surface area (Å²) < 4.78 is 39.9. The molecule has 2 aromatic carbocycles. The van der Waals surface area contributed by atoms with Gasteiger partial charge in [0.1, 0.15) is 6.29 Å². The number of halogens is 3. The van der Waals surface area contributed by atoms with Crippen LogP contribution in [0.3, 0.4) is 0 Å². The highest BCUT2D eigenvalue weighted by molar-refractivity contribution is 5.56. The molecule has 0 spiro atoms. The molecule has 2 heterocycles. The highest BCUT2D eigenvalue weighted by Crippen LogP contribution is 2.37. The molecular weight excluding hydrogens is 415 g/mol. The Morgan fingerprint density at radius 3 is 2.25 bits per heavy atom. The van der Waals surface area contributed by atoms with Gasteiger partial charge in [-0.1, -0.05) is 12.1 Å². The van der Waals surface area contributed by atoms with E-state index in [1.54, 1.807) is 12.1 Å².